The zero-order valence-corrected chi connectivity index (χ0v) is 11.6. The number of hydrogen-bond donors (Lipinski definition) is 1. The Labute approximate surface area is 117 Å². The minimum Gasteiger partial charge on any atom is -0.478 e. The molecule has 1 unspecified atom stereocenters. The van der Waals surface area contributed by atoms with Gasteiger partial charge >= 0.3 is 5.97 Å². The molecule has 0 aliphatic carbocycles. The van der Waals surface area contributed by atoms with Crippen molar-refractivity contribution in [3.05, 3.63) is 22.8 Å². The SMILES string of the molecule is CN(CC1CCCCO1)c1ncc(C(=O)O)cc1Cl. The minimum atomic E-state index is -1.03. The van der Waals surface area contributed by atoms with Gasteiger partial charge in [-0.15, -0.1) is 0 Å². The van der Waals surface area contributed by atoms with E-state index in [9.17, 15) is 4.79 Å². The molecule has 6 heteroatoms. The van der Waals surface area contributed by atoms with Gasteiger partial charge in [0.05, 0.1) is 16.7 Å². The van der Waals surface area contributed by atoms with Crippen molar-refractivity contribution >= 4 is 23.4 Å². The van der Waals surface area contributed by atoms with Crippen molar-refractivity contribution in [2.45, 2.75) is 25.4 Å². The lowest BCUT2D eigenvalue weighted by molar-refractivity contribution is 0.0215. The summed E-state index contributed by atoms with van der Waals surface area (Å²) in [5.74, 6) is -0.444. The summed E-state index contributed by atoms with van der Waals surface area (Å²) >= 11 is 6.08. The summed E-state index contributed by atoms with van der Waals surface area (Å²) in [7, 11) is 1.88. The van der Waals surface area contributed by atoms with Gasteiger partial charge in [-0.2, -0.15) is 0 Å². The Morgan fingerprint density at radius 1 is 1.63 bits per heavy atom. The monoisotopic (exact) mass is 284 g/mol. The summed E-state index contributed by atoms with van der Waals surface area (Å²) in [6.07, 6.45) is 4.84. The fraction of sp³-hybridized carbons (Fsp3) is 0.538. The molecule has 0 spiro atoms. The van der Waals surface area contributed by atoms with Crippen LogP contribution in [0.25, 0.3) is 0 Å². The quantitative estimate of drug-likeness (QED) is 0.920. The average molecular weight is 285 g/mol. The maximum Gasteiger partial charge on any atom is 0.337 e. The molecule has 1 saturated heterocycles. The molecule has 2 rings (SSSR count). The second-order valence-electron chi connectivity index (χ2n) is 4.70. The smallest absolute Gasteiger partial charge is 0.337 e. The van der Waals surface area contributed by atoms with E-state index in [1.54, 1.807) is 0 Å². The van der Waals surface area contributed by atoms with Gasteiger partial charge in [-0.1, -0.05) is 11.6 Å². The molecular formula is C13H17ClN2O3. The van der Waals surface area contributed by atoms with Crippen LogP contribution in [0.1, 0.15) is 29.6 Å². The highest BCUT2D eigenvalue weighted by atomic mass is 35.5. The molecule has 1 aromatic rings. The molecule has 2 heterocycles. The number of hydrogen-bond acceptors (Lipinski definition) is 4. The predicted octanol–water partition coefficient (Wildman–Crippen LogP) is 2.44. The number of halogens is 1. The number of pyridine rings is 1. The maximum atomic E-state index is 10.8. The molecule has 0 amide bonds. The average Bonchev–Trinajstić information content (AvgIpc) is 2.39. The fourth-order valence-corrected chi connectivity index (χ4v) is 2.48. The number of rotatable bonds is 4. The zero-order valence-electron chi connectivity index (χ0n) is 10.8. The number of carboxylic acids is 1. The third kappa shape index (κ3) is 3.58. The minimum absolute atomic E-state index is 0.0936. The van der Waals surface area contributed by atoms with Gasteiger partial charge in [0.25, 0.3) is 0 Å². The van der Waals surface area contributed by atoms with Crippen LogP contribution in [0, 0.1) is 0 Å². The van der Waals surface area contributed by atoms with E-state index in [2.05, 4.69) is 4.98 Å². The number of aromatic carboxylic acids is 1. The van der Waals surface area contributed by atoms with E-state index in [1.165, 1.54) is 18.7 Å². The van der Waals surface area contributed by atoms with Crippen LogP contribution in [0.15, 0.2) is 12.3 Å². The Hall–Kier alpha value is -1.33. The van der Waals surface area contributed by atoms with Gasteiger partial charge in [-0.25, -0.2) is 9.78 Å². The first-order chi connectivity index (χ1) is 9.08. The van der Waals surface area contributed by atoms with Crippen LogP contribution < -0.4 is 4.90 Å². The maximum absolute atomic E-state index is 10.8. The fourth-order valence-electron chi connectivity index (χ4n) is 2.17. The molecule has 1 aliphatic rings. The molecule has 5 nitrogen and oxygen atoms in total. The number of carboxylic acid groups (broad SMARTS) is 1. The Kier molecular flexibility index (Phi) is 4.61. The van der Waals surface area contributed by atoms with E-state index in [1.807, 2.05) is 11.9 Å². The number of nitrogens with zero attached hydrogens (tertiary/aromatic N) is 2. The molecule has 0 saturated carbocycles. The van der Waals surface area contributed by atoms with Crippen molar-refractivity contribution < 1.29 is 14.6 Å². The molecule has 1 N–H and O–H groups in total. The predicted molar refractivity (Wildman–Crippen MR) is 73.1 cm³/mol. The lowest BCUT2D eigenvalue weighted by Gasteiger charge is -2.28. The first-order valence-corrected chi connectivity index (χ1v) is 6.67. The van der Waals surface area contributed by atoms with Crippen molar-refractivity contribution in [1.29, 1.82) is 0 Å². The van der Waals surface area contributed by atoms with Crippen molar-refractivity contribution in [1.82, 2.24) is 4.98 Å². The van der Waals surface area contributed by atoms with Crippen LogP contribution in [-0.2, 0) is 4.74 Å². The third-order valence-corrected chi connectivity index (χ3v) is 3.46. The molecule has 1 aromatic heterocycles. The van der Waals surface area contributed by atoms with E-state index in [-0.39, 0.29) is 11.7 Å². The standard InChI is InChI=1S/C13H17ClN2O3/c1-16(8-10-4-2-3-5-19-10)12-11(14)6-9(7-15-12)13(17)18/h6-7,10H,2-5,8H2,1H3,(H,17,18). The summed E-state index contributed by atoms with van der Waals surface area (Å²) in [6, 6.07) is 1.42. The van der Waals surface area contributed by atoms with E-state index in [4.69, 9.17) is 21.4 Å². The normalized spacial score (nSPS) is 19.2. The molecular weight excluding hydrogens is 268 g/mol. The van der Waals surface area contributed by atoms with E-state index in [0.29, 0.717) is 17.4 Å². The molecule has 19 heavy (non-hydrogen) atoms. The number of ether oxygens (including phenoxy) is 1. The summed E-state index contributed by atoms with van der Waals surface area (Å²) in [5.41, 5.74) is 0.0936. The highest BCUT2D eigenvalue weighted by molar-refractivity contribution is 6.33. The van der Waals surface area contributed by atoms with Crippen LogP contribution in [0.5, 0.6) is 0 Å². The second kappa shape index (κ2) is 6.21. The van der Waals surface area contributed by atoms with Gasteiger partial charge in [0.2, 0.25) is 0 Å². The summed E-state index contributed by atoms with van der Waals surface area (Å²) in [6.45, 7) is 1.51. The molecule has 1 atom stereocenters. The van der Waals surface area contributed by atoms with Gasteiger partial charge in [0, 0.05) is 26.4 Å². The Morgan fingerprint density at radius 2 is 2.42 bits per heavy atom. The lowest BCUT2D eigenvalue weighted by atomic mass is 10.1. The largest absolute Gasteiger partial charge is 0.478 e. The summed E-state index contributed by atoms with van der Waals surface area (Å²) in [5, 5.41) is 9.21. The van der Waals surface area contributed by atoms with Crippen LogP contribution in [0.4, 0.5) is 5.82 Å². The van der Waals surface area contributed by atoms with E-state index < -0.39 is 5.97 Å². The molecule has 1 fully saturated rings. The van der Waals surface area contributed by atoms with E-state index in [0.717, 1.165) is 19.4 Å². The summed E-state index contributed by atoms with van der Waals surface area (Å²) < 4.78 is 5.67. The second-order valence-corrected chi connectivity index (χ2v) is 5.11. The Morgan fingerprint density at radius 3 is 3.00 bits per heavy atom. The topological polar surface area (TPSA) is 62.7 Å². The Balaban J connectivity index is 2.05. The molecule has 104 valence electrons. The van der Waals surface area contributed by atoms with Crippen LogP contribution in [0.2, 0.25) is 5.02 Å². The first-order valence-electron chi connectivity index (χ1n) is 6.29. The molecule has 0 bridgehead atoms. The van der Waals surface area contributed by atoms with E-state index >= 15 is 0 Å². The van der Waals surface area contributed by atoms with Crippen molar-refractivity contribution in [3.63, 3.8) is 0 Å². The van der Waals surface area contributed by atoms with Crippen LogP contribution >= 0.6 is 11.6 Å². The third-order valence-electron chi connectivity index (χ3n) is 3.18. The molecule has 0 aromatic carbocycles. The van der Waals surface area contributed by atoms with Crippen molar-refractivity contribution in [3.8, 4) is 0 Å². The van der Waals surface area contributed by atoms with Crippen molar-refractivity contribution in [2.75, 3.05) is 25.1 Å². The number of likely N-dealkylation sites (N-methyl/N-ethyl adjacent to an activating group) is 1. The number of carbonyl (C=O) groups is 1. The van der Waals surface area contributed by atoms with Gasteiger partial charge < -0.3 is 14.7 Å². The highest BCUT2D eigenvalue weighted by Crippen LogP contribution is 2.24. The van der Waals surface area contributed by atoms with Gasteiger partial charge in [0.15, 0.2) is 0 Å². The highest BCUT2D eigenvalue weighted by Gasteiger charge is 2.18. The summed E-state index contributed by atoms with van der Waals surface area (Å²) in [4.78, 5) is 16.8. The first kappa shape index (κ1) is 14.1. The molecule has 0 radical (unpaired) electrons. The van der Waals surface area contributed by atoms with Crippen LogP contribution in [-0.4, -0.2) is 42.4 Å². The van der Waals surface area contributed by atoms with Crippen LogP contribution in [0.3, 0.4) is 0 Å². The number of aromatic nitrogens is 1. The van der Waals surface area contributed by atoms with Gasteiger partial charge in [-0.3, -0.25) is 0 Å². The van der Waals surface area contributed by atoms with Crippen molar-refractivity contribution in [2.24, 2.45) is 0 Å². The number of anilines is 1. The lowest BCUT2D eigenvalue weighted by Crippen LogP contribution is -2.33. The zero-order chi connectivity index (χ0) is 13.8. The van der Waals surface area contributed by atoms with Gasteiger partial charge in [-0.05, 0) is 25.3 Å². The molecule has 1 aliphatic heterocycles. The Bertz CT molecular complexity index is 461. The van der Waals surface area contributed by atoms with Gasteiger partial charge in [0.1, 0.15) is 5.82 Å².